The summed E-state index contributed by atoms with van der Waals surface area (Å²) in [6.07, 6.45) is 1.85. The van der Waals surface area contributed by atoms with E-state index in [1.165, 1.54) is 0 Å². The van der Waals surface area contributed by atoms with Gasteiger partial charge in [-0.3, -0.25) is 4.79 Å². The zero-order chi connectivity index (χ0) is 19.4. The van der Waals surface area contributed by atoms with Gasteiger partial charge in [0.05, 0.1) is 19.8 Å². The Morgan fingerprint density at radius 2 is 1.93 bits per heavy atom. The third kappa shape index (κ3) is 4.19. The monoisotopic (exact) mass is 387 g/mol. The Morgan fingerprint density at radius 1 is 1.15 bits per heavy atom. The van der Waals surface area contributed by atoms with Crippen LogP contribution < -0.4 is 14.2 Å². The Hall–Kier alpha value is -2.66. The number of carbonyl (C=O) groups is 1. The van der Waals surface area contributed by atoms with Gasteiger partial charge in [-0.05, 0) is 48.9 Å². The maximum absolute atomic E-state index is 13.0. The van der Waals surface area contributed by atoms with Crippen molar-refractivity contribution in [2.45, 2.75) is 13.5 Å². The quantitative estimate of drug-likeness (QED) is 0.746. The molecule has 1 heterocycles. The van der Waals surface area contributed by atoms with Gasteiger partial charge in [-0.2, -0.15) is 0 Å². The molecule has 1 amide bonds. The van der Waals surface area contributed by atoms with Crippen LogP contribution in [0, 0.1) is 0 Å². The lowest BCUT2D eigenvalue weighted by molar-refractivity contribution is -0.127. The van der Waals surface area contributed by atoms with Gasteiger partial charge in [0, 0.05) is 23.7 Å². The smallest absolute Gasteiger partial charge is 0.253 e. The second kappa shape index (κ2) is 8.35. The minimum Gasteiger partial charge on any atom is -0.493 e. The summed E-state index contributed by atoms with van der Waals surface area (Å²) in [6, 6.07) is 11.0. The molecule has 0 spiro atoms. The summed E-state index contributed by atoms with van der Waals surface area (Å²) in [5, 5.41) is 0.611. The van der Waals surface area contributed by atoms with E-state index in [4.69, 9.17) is 25.8 Å². The van der Waals surface area contributed by atoms with Crippen molar-refractivity contribution in [2.24, 2.45) is 0 Å². The first-order chi connectivity index (χ1) is 13.0. The summed E-state index contributed by atoms with van der Waals surface area (Å²) in [4.78, 5) is 14.8. The first kappa shape index (κ1) is 19.1. The highest BCUT2D eigenvalue weighted by atomic mass is 35.5. The summed E-state index contributed by atoms with van der Waals surface area (Å²) >= 11 is 6.05. The number of benzene rings is 2. The third-order valence-corrected chi connectivity index (χ3v) is 4.68. The van der Waals surface area contributed by atoms with Crippen LogP contribution in [0.3, 0.4) is 0 Å². The summed E-state index contributed by atoms with van der Waals surface area (Å²) in [5.41, 5.74) is 2.38. The van der Waals surface area contributed by atoms with Crippen LogP contribution in [0.15, 0.2) is 42.0 Å². The van der Waals surface area contributed by atoms with Gasteiger partial charge < -0.3 is 19.1 Å². The van der Waals surface area contributed by atoms with E-state index in [0.29, 0.717) is 35.2 Å². The van der Waals surface area contributed by atoms with Crippen molar-refractivity contribution >= 4 is 23.6 Å². The van der Waals surface area contributed by atoms with Crippen molar-refractivity contribution in [2.75, 3.05) is 27.4 Å². The van der Waals surface area contributed by atoms with Gasteiger partial charge >= 0.3 is 0 Å². The van der Waals surface area contributed by atoms with Gasteiger partial charge in [-0.15, -0.1) is 0 Å². The first-order valence-corrected chi connectivity index (χ1v) is 9.06. The number of hydrogen-bond donors (Lipinski definition) is 0. The highest BCUT2D eigenvalue weighted by molar-refractivity contribution is 6.30. The number of nitrogens with zero attached hydrogens (tertiary/aromatic N) is 1. The van der Waals surface area contributed by atoms with E-state index in [2.05, 4.69) is 0 Å². The SMILES string of the molecule is CCN(Cc1ccc(OC)c(OC)c1)C(=O)C1=Cc2cc(Cl)ccc2OC1. The second-order valence-electron chi connectivity index (χ2n) is 6.15. The Labute approximate surface area is 164 Å². The van der Waals surface area contributed by atoms with E-state index in [-0.39, 0.29) is 12.5 Å². The standard InChI is InChI=1S/C21H22ClNO4/c1-4-23(12-14-5-7-19(25-2)20(9-14)26-3)21(24)16-10-15-11-17(22)6-8-18(15)27-13-16/h5-11H,4,12-13H2,1-3H3. The zero-order valence-electron chi connectivity index (χ0n) is 15.6. The highest BCUT2D eigenvalue weighted by Gasteiger charge is 2.22. The van der Waals surface area contributed by atoms with Crippen LogP contribution >= 0.6 is 11.6 Å². The number of halogens is 1. The lowest BCUT2D eigenvalue weighted by Gasteiger charge is -2.25. The first-order valence-electron chi connectivity index (χ1n) is 8.68. The summed E-state index contributed by atoms with van der Waals surface area (Å²) in [7, 11) is 3.19. The van der Waals surface area contributed by atoms with Gasteiger partial charge in [0.2, 0.25) is 0 Å². The summed E-state index contributed by atoms with van der Waals surface area (Å²) < 4.78 is 16.3. The van der Waals surface area contributed by atoms with Crippen LogP contribution in [-0.4, -0.2) is 38.2 Å². The van der Waals surface area contributed by atoms with Gasteiger partial charge in [0.25, 0.3) is 5.91 Å². The number of amides is 1. The molecule has 0 saturated carbocycles. The van der Waals surface area contributed by atoms with Crippen LogP contribution in [-0.2, 0) is 11.3 Å². The highest BCUT2D eigenvalue weighted by Crippen LogP contribution is 2.31. The third-order valence-electron chi connectivity index (χ3n) is 4.45. The molecule has 27 heavy (non-hydrogen) atoms. The number of likely N-dealkylation sites (N-methyl/N-ethyl adjacent to an activating group) is 1. The average Bonchev–Trinajstić information content (AvgIpc) is 2.70. The molecule has 0 saturated heterocycles. The maximum atomic E-state index is 13.0. The molecule has 0 bridgehead atoms. The zero-order valence-corrected chi connectivity index (χ0v) is 16.4. The molecular weight excluding hydrogens is 366 g/mol. The molecule has 0 aliphatic carbocycles. The molecule has 0 aromatic heterocycles. The molecule has 142 valence electrons. The Balaban J connectivity index is 1.81. The van der Waals surface area contributed by atoms with E-state index in [9.17, 15) is 4.79 Å². The molecule has 0 fully saturated rings. The van der Waals surface area contributed by atoms with Crippen LogP contribution in [0.4, 0.5) is 0 Å². The lowest BCUT2D eigenvalue weighted by atomic mass is 10.1. The van der Waals surface area contributed by atoms with E-state index in [0.717, 1.165) is 16.9 Å². The van der Waals surface area contributed by atoms with Crippen LogP contribution in [0.1, 0.15) is 18.1 Å². The molecule has 0 radical (unpaired) electrons. The molecule has 1 aliphatic heterocycles. The lowest BCUT2D eigenvalue weighted by Crippen LogP contribution is -2.33. The van der Waals surface area contributed by atoms with Crippen LogP contribution in [0.2, 0.25) is 5.02 Å². The largest absolute Gasteiger partial charge is 0.493 e. The summed E-state index contributed by atoms with van der Waals surface area (Å²) in [5.74, 6) is 1.98. The van der Waals surface area contributed by atoms with Crippen molar-refractivity contribution in [3.8, 4) is 17.2 Å². The fraction of sp³-hybridized carbons (Fsp3) is 0.286. The number of hydrogen-bond acceptors (Lipinski definition) is 4. The van der Waals surface area contributed by atoms with Gasteiger partial charge in [-0.25, -0.2) is 0 Å². The van der Waals surface area contributed by atoms with E-state index >= 15 is 0 Å². The summed E-state index contributed by atoms with van der Waals surface area (Å²) in [6.45, 7) is 3.24. The topological polar surface area (TPSA) is 48.0 Å². The molecular formula is C21H22ClNO4. The average molecular weight is 388 g/mol. The minimum atomic E-state index is -0.0575. The molecule has 0 atom stereocenters. The van der Waals surface area contributed by atoms with E-state index in [1.54, 1.807) is 31.3 Å². The minimum absolute atomic E-state index is 0.0575. The van der Waals surface area contributed by atoms with Gasteiger partial charge in [0.15, 0.2) is 11.5 Å². The predicted molar refractivity (Wildman–Crippen MR) is 106 cm³/mol. The molecule has 2 aromatic rings. The number of methoxy groups -OCH3 is 2. The second-order valence-corrected chi connectivity index (χ2v) is 6.59. The number of fused-ring (bicyclic) bond motifs is 1. The van der Waals surface area contributed by atoms with Crippen molar-refractivity contribution in [1.29, 1.82) is 0 Å². The molecule has 5 nitrogen and oxygen atoms in total. The number of ether oxygens (including phenoxy) is 3. The van der Waals surface area contributed by atoms with Gasteiger partial charge in [-0.1, -0.05) is 17.7 Å². The van der Waals surface area contributed by atoms with Crippen molar-refractivity contribution < 1.29 is 19.0 Å². The number of rotatable bonds is 6. The Morgan fingerprint density at radius 3 is 2.63 bits per heavy atom. The molecule has 0 N–H and O–H groups in total. The van der Waals surface area contributed by atoms with Crippen LogP contribution in [0.25, 0.3) is 6.08 Å². The molecule has 2 aromatic carbocycles. The molecule has 3 rings (SSSR count). The van der Waals surface area contributed by atoms with Crippen molar-refractivity contribution in [3.63, 3.8) is 0 Å². The Kier molecular flexibility index (Phi) is 5.91. The normalized spacial score (nSPS) is 12.5. The van der Waals surface area contributed by atoms with Crippen LogP contribution in [0.5, 0.6) is 17.2 Å². The number of carbonyl (C=O) groups excluding carboxylic acids is 1. The predicted octanol–water partition coefficient (Wildman–Crippen LogP) is 4.18. The van der Waals surface area contributed by atoms with Gasteiger partial charge in [0.1, 0.15) is 12.4 Å². The van der Waals surface area contributed by atoms with Crippen molar-refractivity contribution in [1.82, 2.24) is 4.90 Å². The van der Waals surface area contributed by atoms with E-state index in [1.807, 2.05) is 37.3 Å². The Bertz CT molecular complexity index is 878. The molecule has 0 unspecified atom stereocenters. The van der Waals surface area contributed by atoms with E-state index < -0.39 is 0 Å². The molecule has 1 aliphatic rings. The fourth-order valence-electron chi connectivity index (χ4n) is 3.00. The maximum Gasteiger partial charge on any atom is 0.253 e. The van der Waals surface area contributed by atoms with Crippen molar-refractivity contribution in [3.05, 3.63) is 58.1 Å². The fourth-order valence-corrected chi connectivity index (χ4v) is 3.18. The molecule has 6 heteroatoms.